The first-order valence-corrected chi connectivity index (χ1v) is 12.2. The van der Waals surface area contributed by atoms with Crippen molar-refractivity contribution in [1.29, 1.82) is 0 Å². The molecule has 0 spiro atoms. The van der Waals surface area contributed by atoms with Gasteiger partial charge < -0.3 is 19.3 Å². The van der Waals surface area contributed by atoms with Crippen molar-refractivity contribution in [3.63, 3.8) is 0 Å². The van der Waals surface area contributed by atoms with Crippen LogP contribution in [-0.2, 0) is 9.59 Å². The van der Waals surface area contributed by atoms with E-state index in [-0.39, 0.29) is 11.3 Å². The molecule has 37 heavy (non-hydrogen) atoms. The molecule has 1 amide bonds. The Kier molecular flexibility index (Phi) is 6.31. The number of rotatable bonds is 6. The molecule has 2 heterocycles. The van der Waals surface area contributed by atoms with Crippen molar-refractivity contribution >= 4 is 44.1 Å². The fourth-order valence-corrected chi connectivity index (χ4v) is 5.38. The van der Waals surface area contributed by atoms with Crippen LogP contribution in [0, 0.1) is 6.92 Å². The second-order valence-electron chi connectivity index (χ2n) is 8.48. The highest BCUT2D eigenvalue weighted by Gasteiger charge is 2.48. The lowest BCUT2D eigenvalue weighted by molar-refractivity contribution is -0.132. The van der Waals surface area contributed by atoms with Gasteiger partial charge in [-0.2, -0.15) is 0 Å². The number of amides is 1. The molecule has 1 atom stereocenters. The van der Waals surface area contributed by atoms with Crippen LogP contribution in [0.4, 0.5) is 5.13 Å². The number of methoxy groups -OCH3 is 3. The molecule has 1 aliphatic rings. The van der Waals surface area contributed by atoms with Crippen LogP contribution in [0.3, 0.4) is 0 Å². The van der Waals surface area contributed by atoms with E-state index >= 15 is 0 Å². The summed E-state index contributed by atoms with van der Waals surface area (Å²) in [7, 11) is 4.60. The number of Topliss-reactive ketones (excluding diaryl/α,β-unsaturated/α-hetero) is 1. The molecule has 0 aliphatic carbocycles. The number of aryl methyl sites for hydroxylation is 1. The third-order valence-corrected chi connectivity index (χ3v) is 7.30. The quantitative estimate of drug-likeness (QED) is 0.212. The first-order valence-electron chi connectivity index (χ1n) is 11.4. The van der Waals surface area contributed by atoms with Crippen LogP contribution >= 0.6 is 11.3 Å². The van der Waals surface area contributed by atoms with Crippen LogP contribution in [0.15, 0.2) is 66.2 Å². The number of hydrogen-bond acceptors (Lipinski definition) is 8. The Balaban J connectivity index is 1.73. The standard InChI is InChI=1S/C28H24N2O6S/c1-15-5-7-16(8-6-15)25(31)23-24(17-9-12-20(35-3)21(13-17)36-4)30(27(33)26(23)32)28-29-19-11-10-18(34-2)14-22(19)37-28/h5-14,24,31H,1-4H3/b25-23+/t24-/m0/s1. The third-order valence-electron chi connectivity index (χ3n) is 6.28. The zero-order valence-corrected chi connectivity index (χ0v) is 21.5. The largest absolute Gasteiger partial charge is 0.507 e. The molecule has 0 radical (unpaired) electrons. The SMILES string of the molecule is COc1ccc2nc(N3C(=O)C(=O)/C(=C(/O)c4ccc(C)cc4)[C@@H]3c3ccc(OC)c(OC)c3)sc2c1. The average Bonchev–Trinajstić information content (AvgIpc) is 3.45. The van der Waals surface area contributed by atoms with Gasteiger partial charge in [-0.25, -0.2) is 4.98 Å². The van der Waals surface area contributed by atoms with E-state index in [0.717, 1.165) is 10.3 Å². The molecule has 188 valence electrons. The van der Waals surface area contributed by atoms with Crippen molar-refractivity contribution in [2.24, 2.45) is 0 Å². The van der Waals surface area contributed by atoms with Gasteiger partial charge in [-0.05, 0) is 42.8 Å². The molecule has 9 heteroatoms. The maximum Gasteiger partial charge on any atom is 0.301 e. The lowest BCUT2D eigenvalue weighted by atomic mass is 9.95. The number of hydrogen-bond donors (Lipinski definition) is 1. The topological polar surface area (TPSA) is 98.2 Å². The molecule has 1 fully saturated rings. The van der Waals surface area contributed by atoms with Gasteiger partial charge in [0.15, 0.2) is 16.6 Å². The highest BCUT2D eigenvalue weighted by atomic mass is 32.1. The number of thiazole rings is 1. The molecule has 3 aromatic carbocycles. The first kappa shape index (κ1) is 24.3. The van der Waals surface area contributed by atoms with E-state index in [4.69, 9.17) is 14.2 Å². The predicted molar refractivity (Wildman–Crippen MR) is 142 cm³/mol. The molecule has 8 nitrogen and oxygen atoms in total. The van der Waals surface area contributed by atoms with Gasteiger partial charge in [0.05, 0.1) is 43.2 Å². The van der Waals surface area contributed by atoms with Gasteiger partial charge in [0.25, 0.3) is 5.78 Å². The summed E-state index contributed by atoms with van der Waals surface area (Å²) in [5.41, 5.74) is 2.62. The number of fused-ring (bicyclic) bond motifs is 1. The van der Waals surface area contributed by atoms with E-state index < -0.39 is 17.7 Å². The van der Waals surface area contributed by atoms with Crippen LogP contribution in [-0.4, -0.2) is 43.1 Å². The first-order chi connectivity index (χ1) is 17.9. The molecule has 5 rings (SSSR count). The van der Waals surface area contributed by atoms with Gasteiger partial charge in [-0.3, -0.25) is 14.5 Å². The minimum atomic E-state index is -0.941. The van der Waals surface area contributed by atoms with E-state index in [1.54, 1.807) is 49.6 Å². The number of aliphatic hydroxyl groups is 1. The minimum Gasteiger partial charge on any atom is -0.507 e. The second kappa shape index (κ2) is 9.59. The van der Waals surface area contributed by atoms with Crippen molar-refractivity contribution in [1.82, 2.24) is 4.98 Å². The molecular formula is C28H24N2O6S. The molecule has 1 N–H and O–H groups in total. The number of anilines is 1. The Morgan fingerprint density at radius 2 is 1.65 bits per heavy atom. The number of ether oxygens (including phenoxy) is 3. The number of benzene rings is 3. The molecule has 0 saturated carbocycles. The maximum absolute atomic E-state index is 13.5. The van der Waals surface area contributed by atoms with E-state index in [1.807, 2.05) is 25.1 Å². The highest BCUT2D eigenvalue weighted by molar-refractivity contribution is 7.22. The van der Waals surface area contributed by atoms with Crippen molar-refractivity contribution in [3.8, 4) is 17.2 Å². The fraction of sp³-hybridized carbons (Fsp3) is 0.179. The summed E-state index contributed by atoms with van der Waals surface area (Å²) in [5.74, 6) is -0.262. The smallest absolute Gasteiger partial charge is 0.301 e. The summed E-state index contributed by atoms with van der Waals surface area (Å²) in [6, 6.07) is 16.7. The van der Waals surface area contributed by atoms with Crippen LogP contribution in [0.2, 0.25) is 0 Å². The van der Waals surface area contributed by atoms with Crippen molar-refractivity contribution in [2.45, 2.75) is 13.0 Å². The van der Waals surface area contributed by atoms with Gasteiger partial charge in [0.2, 0.25) is 0 Å². The lowest BCUT2D eigenvalue weighted by Gasteiger charge is -2.23. The molecule has 0 bridgehead atoms. The monoisotopic (exact) mass is 516 g/mol. The summed E-state index contributed by atoms with van der Waals surface area (Å²) in [6.45, 7) is 1.93. The Morgan fingerprint density at radius 3 is 2.32 bits per heavy atom. The van der Waals surface area contributed by atoms with Gasteiger partial charge >= 0.3 is 5.91 Å². The van der Waals surface area contributed by atoms with Gasteiger partial charge in [0.1, 0.15) is 11.5 Å². The molecule has 4 aromatic rings. The Bertz CT molecular complexity index is 1560. The van der Waals surface area contributed by atoms with Crippen LogP contribution in [0.5, 0.6) is 17.2 Å². The predicted octanol–water partition coefficient (Wildman–Crippen LogP) is 5.26. The van der Waals surface area contributed by atoms with Crippen molar-refractivity contribution in [3.05, 3.63) is 82.9 Å². The summed E-state index contributed by atoms with van der Waals surface area (Å²) in [6.07, 6.45) is 0. The molecule has 1 aromatic heterocycles. The van der Waals surface area contributed by atoms with E-state index in [2.05, 4.69) is 4.98 Å². The average molecular weight is 517 g/mol. The number of nitrogens with zero attached hydrogens (tertiary/aromatic N) is 2. The summed E-state index contributed by atoms with van der Waals surface area (Å²) >= 11 is 1.26. The Morgan fingerprint density at radius 1 is 0.919 bits per heavy atom. The minimum absolute atomic E-state index is 0.0297. The zero-order valence-electron chi connectivity index (χ0n) is 20.6. The van der Waals surface area contributed by atoms with Crippen LogP contribution in [0.25, 0.3) is 16.0 Å². The number of aromatic nitrogens is 1. The Labute approximate surface area is 217 Å². The fourth-order valence-electron chi connectivity index (χ4n) is 4.36. The van der Waals surface area contributed by atoms with Gasteiger partial charge in [0, 0.05) is 5.56 Å². The highest BCUT2D eigenvalue weighted by Crippen LogP contribution is 2.46. The molecular weight excluding hydrogens is 492 g/mol. The van der Waals surface area contributed by atoms with Gasteiger partial charge in [-0.1, -0.05) is 47.2 Å². The van der Waals surface area contributed by atoms with Crippen LogP contribution < -0.4 is 19.1 Å². The third kappa shape index (κ3) is 4.17. The zero-order chi connectivity index (χ0) is 26.3. The van der Waals surface area contributed by atoms with E-state index in [9.17, 15) is 14.7 Å². The number of carbonyl (C=O) groups excluding carboxylic acids is 2. The summed E-state index contributed by atoms with van der Waals surface area (Å²) in [5, 5.41) is 11.6. The van der Waals surface area contributed by atoms with E-state index in [1.165, 1.54) is 30.5 Å². The normalized spacial score (nSPS) is 16.9. The van der Waals surface area contributed by atoms with Crippen molar-refractivity contribution in [2.75, 3.05) is 26.2 Å². The number of aliphatic hydroxyl groups excluding tert-OH is 1. The Hall–Kier alpha value is -4.37. The second-order valence-corrected chi connectivity index (χ2v) is 9.49. The molecule has 0 unspecified atom stereocenters. The molecule has 1 aliphatic heterocycles. The number of ketones is 1. The van der Waals surface area contributed by atoms with Gasteiger partial charge in [-0.15, -0.1) is 0 Å². The van der Waals surface area contributed by atoms with Crippen molar-refractivity contribution < 1.29 is 28.9 Å². The molecule has 1 saturated heterocycles. The number of carbonyl (C=O) groups is 2. The lowest BCUT2D eigenvalue weighted by Crippen LogP contribution is -2.29. The maximum atomic E-state index is 13.5. The van der Waals surface area contributed by atoms with E-state index in [0.29, 0.717) is 39.0 Å². The van der Waals surface area contributed by atoms with Crippen LogP contribution in [0.1, 0.15) is 22.7 Å². The summed E-state index contributed by atoms with van der Waals surface area (Å²) < 4.78 is 17.0. The summed E-state index contributed by atoms with van der Waals surface area (Å²) in [4.78, 5) is 32.9.